The molecule has 1 aliphatic heterocycles. The molecular formula is C12H17N3O. The number of hydrogen-bond donors (Lipinski definition) is 2. The van der Waals surface area contributed by atoms with Gasteiger partial charge in [0.2, 0.25) is 5.91 Å². The Kier molecular flexibility index (Phi) is 2.83. The molecule has 0 aliphatic carbocycles. The summed E-state index contributed by atoms with van der Waals surface area (Å²) >= 11 is 0. The van der Waals surface area contributed by atoms with E-state index < -0.39 is 0 Å². The lowest BCUT2D eigenvalue weighted by molar-refractivity contribution is -0.117. The van der Waals surface area contributed by atoms with Crippen LogP contribution in [0.2, 0.25) is 0 Å². The molecule has 16 heavy (non-hydrogen) atoms. The summed E-state index contributed by atoms with van der Waals surface area (Å²) in [4.78, 5) is 13.7. The highest BCUT2D eigenvalue weighted by molar-refractivity contribution is 6.01. The zero-order chi connectivity index (χ0) is 11.7. The fourth-order valence-corrected chi connectivity index (χ4v) is 1.99. The van der Waals surface area contributed by atoms with Gasteiger partial charge in [0.25, 0.3) is 0 Å². The number of rotatable bonds is 3. The van der Waals surface area contributed by atoms with Crippen LogP contribution in [0.5, 0.6) is 0 Å². The van der Waals surface area contributed by atoms with Gasteiger partial charge in [0.15, 0.2) is 0 Å². The average molecular weight is 219 g/mol. The fourth-order valence-electron chi connectivity index (χ4n) is 1.99. The molecule has 4 heteroatoms. The fraction of sp³-hybridized carbons (Fsp3) is 0.417. The van der Waals surface area contributed by atoms with Crippen LogP contribution in [0.4, 0.5) is 11.4 Å². The van der Waals surface area contributed by atoms with Crippen molar-refractivity contribution < 1.29 is 4.79 Å². The number of carbonyl (C=O) groups is 1. The van der Waals surface area contributed by atoms with Gasteiger partial charge in [-0.25, -0.2) is 0 Å². The number of nitrogens with zero attached hydrogens (tertiary/aromatic N) is 1. The maximum Gasteiger partial charge on any atom is 0.231 e. The maximum absolute atomic E-state index is 11.8. The molecule has 0 spiro atoms. The number of carbonyl (C=O) groups excluding carboxylic acids is 1. The molecule has 0 fully saturated rings. The monoisotopic (exact) mass is 219 g/mol. The number of anilines is 2. The van der Waals surface area contributed by atoms with Gasteiger partial charge in [0.05, 0.1) is 6.42 Å². The molecule has 0 radical (unpaired) electrons. The SMILES string of the molecule is CC(CN)CN1C(=O)Cc2cc(N)ccc21. The first kappa shape index (κ1) is 11.0. The second kappa shape index (κ2) is 4.14. The lowest BCUT2D eigenvalue weighted by Crippen LogP contribution is -2.33. The maximum atomic E-state index is 11.8. The van der Waals surface area contributed by atoms with Crippen molar-refractivity contribution in [2.24, 2.45) is 11.7 Å². The summed E-state index contributed by atoms with van der Waals surface area (Å²) in [5, 5.41) is 0. The van der Waals surface area contributed by atoms with Gasteiger partial charge in [-0.3, -0.25) is 4.79 Å². The summed E-state index contributed by atoms with van der Waals surface area (Å²) in [7, 11) is 0. The van der Waals surface area contributed by atoms with E-state index in [-0.39, 0.29) is 5.91 Å². The van der Waals surface area contributed by atoms with Crippen molar-refractivity contribution >= 4 is 17.3 Å². The molecule has 2 rings (SSSR count). The van der Waals surface area contributed by atoms with Gasteiger partial charge in [-0.15, -0.1) is 0 Å². The van der Waals surface area contributed by atoms with Gasteiger partial charge in [0, 0.05) is 17.9 Å². The van der Waals surface area contributed by atoms with E-state index in [0.29, 0.717) is 31.1 Å². The Morgan fingerprint density at radius 3 is 2.94 bits per heavy atom. The number of amides is 1. The molecule has 1 aliphatic rings. The molecule has 1 heterocycles. The summed E-state index contributed by atoms with van der Waals surface area (Å²) in [6.07, 6.45) is 0.456. The number of nitrogen functional groups attached to an aromatic ring is 1. The molecule has 1 atom stereocenters. The van der Waals surface area contributed by atoms with E-state index in [9.17, 15) is 4.79 Å². The zero-order valence-electron chi connectivity index (χ0n) is 9.44. The third-order valence-corrected chi connectivity index (χ3v) is 2.93. The van der Waals surface area contributed by atoms with Crippen molar-refractivity contribution in [3.8, 4) is 0 Å². The number of hydrogen-bond acceptors (Lipinski definition) is 3. The highest BCUT2D eigenvalue weighted by atomic mass is 16.2. The van der Waals surface area contributed by atoms with Gasteiger partial charge in [0.1, 0.15) is 0 Å². The Labute approximate surface area is 95.2 Å². The first-order valence-corrected chi connectivity index (χ1v) is 5.50. The van der Waals surface area contributed by atoms with Gasteiger partial charge in [-0.2, -0.15) is 0 Å². The minimum absolute atomic E-state index is 0.140. The third-order valence-electron chi connectivity index (χ3n) is 2.93. The molecule has 4 N–H and O–H groups in total. The lowest BCUT2D eigenvalue weighted by atomic mass is 10.1. The summed E-state index contributed by atoms with van der Waals surface area (Å²) in [5.41, 5.74) is 14.0. The van der Waals surface area contributed by atoms with E-state index >= 15 is 0 Å². The molecule has 1 amide bonds. The summed E-state index contributed by atoms with van der Waals surface area (Å²) in [5.74, 6) is 0.452. The van der Waals surface area contributed by atoms with Crippen molar-refractivity contribution in [3.63, 3.8) is 0 Å². The van der Waals surface area contributed by atoms with E-state index in [1.165, 1.54) is 0 Å². The largest absolute Gasteiger partial charge is 0.399 e. The quantitative estimate of drug-likeness (QED) is 0.737. The predicted octanol–water partition coefficient (Wildman–Crippen LogP) is 0.753. The van der Waals surface area contributed by atoms with Crippen LogP contribution in [0.3, 0.4) is 0 Å². The number of benzene rings is 1. The Hall–Kier alpha value is -1.55. The molecular weight excluding hydrogens is 202 g/mol. The molecule has 1 aromatic rings. The van der Waals surface area contributed by atoms with Crippen LogP contribution in [-0.4, -0.2) is 19.0 Å². The normalized spacial score (nSPS) is 16.4. The van der Waals surface area contributed by atoms with Gasteiger partial charge in [-0.1, -0.05) is 6.92 Å². The van der Waals surface area contributed by atoms with E-state index in [0.717, 1.165) is 11.3 Å². The summed E-state index contributed by atoms with van der Waals surface area (Å²) in [6.45, 7) is 3.32. The van der Waals surface area contributed by atoms with Crippen LogP contribution in [0.1, 0.15) is 12.5 Å². The second-order valence-electron chi connectivity index (χ2n) is 4.41. The van der Waals surface area contributed by atoms with Crippen LogP contribution in [-0.2, 0) is 11.2 Å². The molecule has 4 nitrogen and oxygen atoms in total. The first-order chi connectivity index (χ1) is 7.61. The van der Waals surface area contributed by atoms with Crippen LogP contribution in [0, 0.1) is 5.92 Å². The van der Waals surface area contributed by atoms with E-state index in [2.05, 4.69) is 0 Å². The van der Waals surface area contributed by atoms with Gasteiger partial charge < -0.3 is 16.4 Å². The number of fused-ring (bicyclic) bond motifs is 1. The van der Waals surface area contributed by atoms with E-state index in [1.54, 1.807) is 0 Å². The van der Waals surface area contributed by atoms with Crippen LogP contribution >= 0.6 is 0 Å². The van der Waals surface area contributed by atoms with Crippen LogP contribution < -0.4 is 16.4 Å². The van der Waals surface area contributed by atoms with Crippen molar-refractivity contribution in [3.05, 3.63) is 23.8 Å². The highest BCUT2D eigenvalue weighted by Crippen LogP contribution is 2.30. The average Bonchev–Trinajstić information content (AvgIpc) is 2.54. The van der Waals surface area contributed by atoms with Crippen molar-refractivity contribution in [1.29, 1.82) is 0 Å². The highest BCUT2D eigenvalue weighted by Gasteiger charge is 2.27. The molecule has 0 bridgehead atoms. The van der Waals surface area contributed by atoms with Gasteiger partial charge in [-0.05, 0) is 36.2 Å². The summed E-state index contributed by atoms with van der Waals surface area (Å²) < 4.78 is 0. The Morgan fingerprint density at radius 1 is 1.50 bits per heavy atom. The van der Waals surface area contributed by atoms with E-state index in [1.807, 2.05) is 30.0 Å². The third kappa shape index (κ3) is 1.88. The van der Waals surface area contributed by atoms with Crippen molar-refractivity contribution in [2.75, 3.05) is 23.7 Å². The molecule has 1 unspecified atom stereocenters. The lowest BCUT2D eigenvalue weighted by Gasteiger charge is -2.21. The zero-order valence-corrected chi connectivity index (χ0v) is 9.44. The first-order valence-electron chi connectivity index (χ1n) is 5.50. The predicted molar refractivity (Wildman–Crippen MR) is 65.1 cm³/mol. The van der Waals surface area contributed by atoms with Crippen molar-refractivity contribution in [2.45, 2.75) is 13.3 Å². The molecule has 1 aromatic carbocycles. The Bertz CT molecular complexity index is 417. The van der Waals surface area contributed by atoms with Crippen LogP contribution in [0.15, 0.2) is 18.2 Å². The smallest absolute Gasteiger partial charge is 0.231 e. The van der Waals surface area contributed by atoms with Crippen molar-refractivity contribution in [1.82, 2.24) is 0 Å². The standard InChI is InChI=1S/C12H17N3O/c1-8(6-13)7-15-11-3-2-10(14)4-9(11)5-12(15)16/h2-4,8H,5-7,13-14H2,1H3. The molecule has 86 valence electrons. The minimum Gasteiger partial charge on any atom is -0.399 e. The minimum atomic E-state index is 0.140. The second-order valence-corrected chi connectivity index (χ2v) is 4.41. The molecule has 0 aromatic heterocycles. The van der Waals surface area contributed by atoms with Crippen LogP contribution in [0.25, 0.3) is 0 Å². The number of nitrogens with two attached hydrogens (primary N) is 2. The summed E-state index contributed by atoms with van der Waals surface area (Å²) in [6, 6.07) is 5.62. The topological polar surface area (TPSA) is 72.3 Å². The van der Waals surface area contributed by atoms with Gasteiger partial charge >= 0.3 is 0 Å². The Balaban J connectivity index is 2.26. The van der Waals surface area contributed by atoms with E-state index in [4.69, 9.17) is 11.5 Å². The molecule has 0 saturated heterocycles. The Morgan fingerprint density at radius 2 is 2.25 bits per heavy atom. The molecule has 0 saturated carbocycles.